The number of nitrogens with one attached hydrogen (secondary N) is 1. The highest BCUT2D eigenvalue weighted by atomic mass is 32.2. The highest BCUT2D eigenvalue weighted by molar-refractivity contribution is 7.88. The molecular weight excluding hydrogens is 340 g/mol. The Bertz CT molecular complexity index is 693. The normalized spacial score (nSPS) is 19.4. The number of carbonyl (C=O) groups excluding carboxylic acids is 1. The molecule has 6 nitrogen and oxygen atoms in total. The summed E-state index contributed by atoms with van der Waals surface area (Å²) in [5.74, 6) is -0.0214. The number of aryl methyl sites for hydroxylation is 1. The van der Waals surface area contributed by atoms with Gasteiger partial charge in [-0.2, -0.15) is 4.31 Å². The van der Waals surface area contributed by atoms with Crippen LogP contribution in [0.4, 0.5) is 4.79 Å². The molecule has 0 aromatic heterocycles. The molecule has 1 aromatic carbocycles. The van der Waals surface area contributed by atoms with Gasteiger partial charge in [-0.15, -0.1) is 0 Å². The third-order valence-corrected chi connectivity index (χ3v) is 5.78. The first kappa shape index (κ1) is 19.7. The average Bonchev–Trinajstić information content (AvgIpc) is 2.48. The predicted molar refractivity (Wildman–Crippen MR) is 97.8 cm³/mol. The summed E-state index contributed by atoms with van der Waals surface area (Å²) < 4.78 is 32.1. The van der Waals surface area contributed by atoms with Gasteiger partial charge in [0.1, 0.15) is 5.60 Å². The van der Waals surface area contributed by atoms with E-state index < -0.39 is 21.7 Å². The number of hydrogen-bond acceptors (Lipinski definition) is 4. The molecule has 140 valence electrons. The second-order valence-corrected chi connectivity index (χ2v) is 9.55. The number of nitrogens with zero attached hydrogens (tertiary/aromatic N) is 1. The Kier molecular flexibility index (Phi) is 6.11. The Hall–Kier alpha value is -1.60. The van der Waals surface area contributed by atoms with Crippen LogP contribution in [0.15, 0.2) is 24.3 Å². The molecule has 1 fully saturated rings. The van der Waals surface area contributed by atoms with E-state index in [9.17, 15) is 13.2 Å². The number of benzene rings is 1. The molecule has 1 unspecified atom stereocenters. The van der Waals surface area contributed by atoms with E-state index in [2.05, 4.69) is 5.32 Å². The molecule has 0 radical (unpaired) electrons. The number of rotatable bonds is 4. The van der Waals surface area contributed by atoms with E-state index in [0.29, 0.717) is 13.0 Å². The van der Waals surface area contributed by atoms with Crippen LogP contribution < -0.4 is 5.32 Å². The van der Waals surface area contributed by atoms with Crippen LogP contribution in [0, 0.1) is 6.92 Å². The molecule has 1 N–H and O–H groups in total. The van der Waals surface area contributed by atoms with Crippen molar-refractivity contribution in [3.05, 3.63) is 35.4 Å². The van der Waals surface area contributed by atoms with Crippen molar-refractivity contribution >= 4 is 16.1 Å². The standard InChI is InChI=1S/C18H28N2O4S/c1-14-7-9-15(10-8-14)13-25(22,23)20-11-5-6-16(12-20)19-17(21)24-18(2,3)4/h7-10,16H,5-6,11-13H2,1-4H3,(H,19,21). The highest BCUT2D eigenvalue weighted by Crippen LogP contribution is 2.18. The summed E-state index contributed by atoms with van der Waals surface area (Å²) >= 11 is 0. The maximum absolute atomic E-state index is 12.7. The fourth-order valence-electron chi connectivity index (χ4n) is 2.77. The molecule has 1 aromatic rings. The lowest BCUT2D eigenvalue weighted by Gasteiger charge is -2.32. The highest BCUT2D eigenvalue weighted by Gasteiger charge is 2.30. The summed E-state index contributed by atoms with van der Waals surface area (Å²) in [4.78, 5) is 11.9. The molecule has 7 heteroatoms. The number of carbonyl (C=O) groups is 1. The van der Waals surface area contributed by atoms with Gasteiger partial charge in [-0.05, 0) is 46.1 Å². The molecule has 1 aliphatic rings. The molecule has 1 heterocycles. The smallest absolute Gasteiger partial charge is 0.407 e. The monoisotopic (exact) mass is 368 g/mol. The molecule has 0 bridgehead atoms. The summed E-state index contributed by atoms with van der Waals surface area (Å²) in [6, 6.07) is 7.28. The maximum Gasteiger partial charge on any atom is 0.407 e. The molecule has 1 atom stereocenters. The lowest BCUT2D eigenvalue weighted by molar-refractivity contribution is 0.0487. The van der Waals surface area contributed by atoms with Crippen molar-refractivity contribution in [3.8, 4) is 0 Å². The first-order valence-electron chi connectivity index (χ1n) is 8.58. The number of piperidine rings is 1. The van der Waals surface area contributed by atoms with Gasteiger partial charge in [-0.25, -0.2) is 13.2 Å². The number of hydrogen-bond donors (Lipinski definition) is 1. The van der Waals surface area contributed by atoms with Gasteiger partial charge < -0.3 is 10.1 Å². The van der Waals surface area contributed by atoms with Crippen LogP contribution in [0.3, 0.4) is 0 Å². The van der Waals surface area contributed by atoms with E-state index in [1.807, 2.05) is 31.2 Å². The minimum Gasteiger partial charge on any atom is -0.444 e. The topological polar surface area (TPSA) is 75.7 Å². The Balaban J connectivity index is 1.97. The van der Waals surface area contributed by atoms with Crippen molar-refractivity contribution < 1.29 is 17.9 Å². The summed E-state index contributed by atoms with van der Waals surface area (Å²) in [7, 11) is -3.41. The lowest BCUT2D eigenvalue weighted by atomic mass is 10.1. The minimum absolute atomic E-state index is 0.0214. The Morgan fingerprint density at radius 2 is 1.92 bits per heavy atom. The summed E-state index contributed by atoms with van der Waals surface area (Å²) in [6.07, 6.45) is 0.957. The second kappa shape index (κ2) is 7.74. The molecular formula is C18H28N2O4S. The Morgan fingerprint density at radius 3 is 2.52 bits per heavy atom. The SMILES string of the molecule is Cc1ccc(CS(=O)(=O)N2CCCC(NC(=O)OC(C)(C)C)C2)cc1. The fourth-order valence-corrected chi connectivity index (χ4v) is 4.38. The van der Waals surface area contributed by atoms with Gasteiger partial charge >= 0.3 is 6.09 Å². The van der Waals surface area contributed by atoms with Crippen LogP contribution in [0.5, 0.6) is 0 Å². The molecule has 1 amide bonds. The van der Waals surface area contributed by atoms with Gasteiger partial charge in [-0.3, -0.25) is 0 Å². The summed E-state index contributed by atoms with van der Waals surface area (Å²) in [6.45, 7) is 8.13. The molecule has 1 aliphatic heterocycles. The fraction of sp³-hybridized carbons (Fsp3) is 0.611. The summed E-state index contributed by atoms with van der Waals surface area (Å²) in [5.41, 5.74) is 1.30. The van der Waals surface area contributed by atoms with Gasteiger partial charge in [0.25, 0.3) is 0 Å². The van der Waals surface area contributed by atoms with E-state index in [0.717, 1.165) is 17.5 Å². The van der Waals surface area contributed by atoms with Crippen LogP contribution in [0.25, 0.3) is 0 Å². The van der Waals surface area contributed by atoms with Crippen molar-refractivity contribution in [2.45, 2.75) is 57.9 Å². The zero-order valence-electron chi connectivity index (χ0n) is 15.4. The molecule has 0 saturated carbocycles. The minimum atomic E-state index is -3.41. The molecule has 25 heavy (non-hydrogen) atoms. The first-order chi connectivity index (χ1) is 11.5. The van der Waals surface area contributed by atoms with E-state index >= 15 is 0 Å². The van der Waals surface area contributed by atoms with Crippen molar-refractivity contribution in [2.75, 3.05) is 13.1 Å². The molecule has 0 spiro atoms. The Morgan fingerprint density at radius 1 is 1.28 bits per heavy atom. The quantitative estimate of drug-likeness (QED) is 0.887. The molecule has 0 aliphatic carbocycles. The van der Waals surface area contributed by atoms with Gasteiger partial charge in [0.15, 0.2) is 0 Å². The van der Waals surface area contributed by atoms with Crippen molar-refractivity contribution in [1.29, 1.82) is 0 Å². The van der Waals surface area contributed by atoms with E-state index in [-0.39, 0.29) is 18.3 Å². The number of amides is 1. The van der Waals surface area contributed by atoms with Gasteiger partial charge in [0, 0.05) is 19.1 Å². The van der Waals surface area contributed by atoms with Crippen LogP contribution in [0.1, 0.15) is 44.7 Å². The predicted octanol–water partition coefficient (Wildman–Crippen LogP) is 2.81. The number of ether oxygens (including phenoxy) is 1. The van der Waals surface area contributed by atoms with E-state index in [4.69, 9.17) is 4.74 Å². The zero-order chi connectivity index (χ0) is 18.7. The molecule has 1 saturated heterocycles. The lowest BCUT2D eigenvalue weighted by Crippen LogP contribution is -2.50. The Labute approximate surface area is 150 Å². The molecule has 2 rings (SSSR count). The average molecular weight is 368 g/mol. The maximum atomic E-state index is 12.7. The van der Waals surface area contributed by atoms with Crippen molar-refractivity contribution in [2.24, 2.45) is 0 Å². The van der Waals surface area contributed by atoms with E-state index in [1.165, 1.54) is 4.31 Å². The van der Waals surface area contributed by atoms with Crippen LogP contribution in [-0.4, -0.2) is 43.5 Å². The third kappa shape index (κ3) is 6.32. The third-order valence-electron chi connectivity index (χ3n) is 3.97. The summed E-state index contributed by atoms with van der Waals surface area (Å²) in [5, 5.41) is 2.78. The number of sulfonamides is 1. The number of alkyl carbamates (subject to hydrolysis) is 1. The first-order valence-corrected chi connectivity index (χ1v) is 10.2. The zero-order valence-corrected chi connectivity index (χ0v) is 16.2. The van der Waals surface area contributed by atoms with Gasteiger partial charge in [0.2, 0.25) is 10.0 Å². The van der Waals surface area contributed by atoms with E-state index in [1.54, 1.807) is 20.8 Å². The second-order valence-electron chi connectivity index (χ2n) is 7.59. The van der Waals surface area contributed by atoms with Crippen molar-refractivity contribution in [1.82, 2.24) is 9.62 Å². The van der Waals surface area contributed by atoms with Crippen LogP contribution in [-0.2, 0) is 20.5 Å². The van der Waals surface area contributed by atoms with Gasteiger partial charge in [0.05, 0.1) is 5.75 Å². The van der Waals surface area contributed by atoms with Crippen LogP contribution >= 0.6 is 0 Å². The largest absolute Gasteiger partial charge is 0.444 e. The van der Waals surface area contributed by atoms with Gasteiger partial charge in [-0.1, -0.05) is 29.8 Å². The van der Waals surface area contributed by atoms with Crippen molar-refractivity contribution in [3.63, 3.8) is 0 Å². The van der Waals surface area contributed by atoms with Crippen LogP contribution in [0.2, 0.25) is 0 Å².